The van der Waals surface area contributed by atoms with Crippen LogP contribution in [0.1, 0.15) is 66.0 Å². The summed E-state index contributed by atoms with van der Waals surface area (Å²) < 4.78 is 44.9. The molecule has 39 heavy (non-hydrogen) atoms. The molecule has 0 aliphatic carbocycles. The van der Waals surface area contributed by atoms with Gasteiger partial charge in [0.15, 0.2) is 0 Å². The van der Waals surface area contributed by atoms with Gasteiger partial charge in [-0.05, 0) is 48.2 Å². The zero-order chi connectivity index (χ0) is 29.3. The number of benzene rings is 2. The summed E-state index contributed by atoms with van der Waals surface area (Å²) in [6.07, 6.45) is -4.59. The molecule has 2 aromatic rings. The Morgan fingerprint density at radius 3 is 2.18 bits per heavy atom. The molecule has 11 heteroatoms. The van der Waals surface area contributed by atoms with Crippen LogP contribution in [0, 0.1) is 11.3 Å². The van der Waals surface area contributed by atoms with Crippen LogP contribution in [0.2, 0.25) is 5.02 Å². The number of likely N-dealkylation sites (tertiary alicyclic amines) is 1. The fourth-order valence-electron chi connectivity index (χ4n) is 4.86. The van der Waals surface area contributed by atoms with Crippen LogP contribution in [0.25, 0.3) is 0 Å². The van der Waals surface area contributed by atoms with Crippen molar-refractivity contribution < 1.29 is 37.4 Å². The number of halogens is 4. The van der Waals surface area contributed by atoms with E-state index in [-0.39, 0.29) is 19.5 Å². The minimum absolute atomic E-state index is 0.167. The van der Waals surface area contributed by atoms with Crippen LogP contribution in [0.15, 0.2) is 42.5 Å². The van der Waals surface area contributed by atoms with Crippen molar-refractivity contribution in [1.82, 2.24) is 10.2 Å². The molecule has 1 aliphatic heterocycles. The first-order valence-electron chi connectivity index (χ1n) is 12.4. The second-order valence-electron chi connectivity index (χ2n) is 10.7. The number of alkyl halides is 3. The van der Waals surface area contributed by atoms with Gasteiger partial charge in [-0.15, -0.1) is 0 Å². The average molecular weight is 569 g/mol. The quantitative estimate of drug-likeness (QED) is 0.476. The van der Waals surface area contributed by atoms with Gasteiger partial charge < -0.3 is 20.1 Å². The third-order valence-corrected chi connectivity index (χ3v) is 7.50. The Hall–Kier alpha value is -3.11. The van der Waals surface area contributed by atoms with Crippen LogP contribution in [-0.2, 0) is 21.3 Å². The molecule has 1 heterocycles. The Morgan fingerprint density at radius 2 is 1.67 bits per heavy atom. The van der Waals surface area contributed by atoms with Crippen LogP contribution in [0.3, 0.4) is 0 Å². The third-order valence-electron chi connectivity index (χ3n) is 7.25. The molecule has 1 aliphatic rings. The van der Waals surface area contributed by atoms with Crippen LogP contribution < -0.4 is 5.32 Å². The number of hydrogen-bond donors (Lipinski definition) is 2. The SMILES string of the molecule is COC(=O)c1cc(C(=O)N[C@@H](C(=O)N2CC[C@](O)(c3ccc(Cl)cc3)C(C)(C)C2)C(C)C)cc(C(F)(F)F)c1. The summed E-state index contributed by atoms with van der Waals surface area (Å²) in [6.45, 7) is 7.43. The Kier molecular flexibility index (Phi) is 8.72. The zero-order valence-electron chi connectivity index (χ0n) is 22.4. The average Bonchev–Trinajstić information content (AvgIpc) is 2.87. The van der Waals surface area contributed by atoms with Crippen molar-refractivity contribution in [2.24, 2.45) is 11.3 Å². The molecule has 0 aromatic heterocycles. The van der Waals surface area contributed by atoms with Crippen molar-refractivity contribution in [3.05, 3.63) is 69.7 Å². The Bertz CT molecular complexity index is 1250. The molecule has 1 fully saturated rings. The molecule has 212 valence electrons. The van der Waals surface area contributed by atoms with Crippen molar-refractivity contribution in [1.29, 1.82) is 0 Å². The Morgan fingerprint density at radius 1 is 1.08 bits per heavy atom. The topological polar surface area (TPSA) is 95.9 Å². The summed E-state index contributed by atoms with van der Waals surface area (Å²) >= 11 is 6.00. The van der Waals surface area contributed by atoms with Gasteiger partial charge in [0, 0.05) is 29.1 Å². The van der Waals surface area contributed by atoms with Gasteiger partial charge in [-0.2, -0.15) is 13.2 Å². The number of amides is 2. The molecule has 0 saturated carbocycles. The molecule has 3 rings (SSSR count). The first-order chi connectivity index (χ1) is 18.0. The Balaban J connectivity index is 1.85. The lowest BCUT2D eigenvalue weighted by Crippen LogP contribution is -2.60. The summed E-state index contributed by atoms with van der Waals surface area (Å²) in [7, 11) is 1.02. The molecule has 2 N–H and O–H groups in total. The molecule has 0 bridgehead atoms. The number of carbonyl (C=O) groups is 3. The van der Waals surface area contributed by atoms with Gasteiger partial charge in [0.25, 0.3) is 5.91 Å². The van der Waals surface area contributed by atoms with Gasteiger partial charge in [0.2, 0.25) is 5.91 Å². The van der Waals surface area contributed by atoms with Crippen molar-refractivity contribution in [2.45, 2.75) is 51.9 Å². The van der Waals surface area contributed by atoms with Gasteiger partial charge in [0.1, 0.15) is 6.04 Å². The fraction of sp³-hybridized carbons (Fsp3) is 0.464. The smallest absolute Gasteiger partial charge is 0.416 e. The maximum atomic E-state index is 13.6. The monoisotopic (exact) mass is 568 g/mol. The van der Waals surface area contributed by atoms with Gasteiger partial charge >= 0.3 is 12.1 Å². The number of piperidine rings is 1. The molecular weight excluding hydrogens is 537 g/mol. The maximum Gasteiger partial charge on any atom is 0.416 e. The molecule has 0 unspecified atom stereocenters. The minimum atomic E-state index is -4.81. The second-order valence-corrected chi connectivity index (χ2v) is 11.2. The van der Waals surface area contributed by atoms with Crippen molar-refractivity contribution in [3.63, 3.8) is 0 Å². The van der Waals surface area contributed by atoms with E-state index >= 15 is 0 Å². The van der Waals surface area contributed by atoms with Gasteiger partial charge in [-0.3, -0.25) is 9.59 Å². The van der Waals surface area contributed by atoms with Gasteiger partial charge in [-0.1, -0.05) is 51.4 Å². The molecule has 0 radical (unpaired) electrons. The lowest BCUT2D eigenvalue weighted by Gasteiger charge is -2.51. The Labute approximate surface area is 230 Å². The van der Waals surface area contributed by atoms with Crippen LogP contribution in [0.5, 0.6) is 0 Å². The zero-order valence-corrected chi connectivity index (χ0v) is 23.1. The number of nitrogens with one attached hydrogen (secondary N) is 1. The van der Waals surface area contributed by atoms with E-state index in [4.69, 9.17) is 11.6 Å². The number of hydrogen-bond acceptors (Lipinski definition) is 5. The highest BCUT2D eigenvalue weighted by Crippen LogP contribution is 2.46. The predicted octanol–water partition coefficient (Wildman–Crippen LogP) is 5.05. The van der Waals surface area contributed by atoms with E-state index in [1.165, 1.54) is 0 Å². The number of methoxy groups -OCH3 is 1. The normalized spacial score (nSPS) is 19.9. The summed E-state index contributed by atoms with van der Waals surface area (Å²) in [5, 5.41) is 14.7. The first kappa shape index (κ1) is 30.4. The highest BCUT2D eigenvalue weighted by atomic mass is 35.5. The summed E-state index contributed by atoms with van der Waals surface area (Å²) in [4.78, 5) is 40.2. The maximum absolute atomic E-state index is 13.6. The minimum Gasteiger partial charge on any atom is -0.465 e. The van der Waals surface area contributed by atoms with Crippen molar-refractivity contribution in [3.8, 4) is 0 Å². The predicted molar refractivity (Wildman–Crippen MR) is 139 cm³/mol. The largest absolute Gasteiger partial charge is 0.465 e. The number of carbonyl (C=O) groups excluding carboxylic acids is 3. The van der Waals surface area contributed by atoms with E-state index in [1.54, 1.807) is 43.0 Å². The van der Waals surface area contributed by atoms with Crippen LogP contribution >= 0.6 is 11.6 Å². The molecule has 2 amide bonds. The summed E-state index contributed by atoms with van der Waals surface area (Å²) in [6, 6.07) is 8.02. The highest BCUT2D eigenvalue weighted by Gasteiger charge is 2.50. The number of nitrogens with zero attached hydrogens (tertiary/aromatic N) is 1. The highest BCUT2D eigenvalue weighted by molar-refractivity contribution is 6.30. The molecule has 0 spiro atoms. The number of esters is 1. The first-order valence-corrected chi connectivity index (χ1v) is 12.8. The second kappa shape index (κ2) is 11.2. The molecule has 2 aromatic carbocycles. The van der Waals surface area contributed by atoms with E-state index in [0.29, 0.717) is 22.7 Å². The number of rotatable bonds is 6. The fourth-order valence-corrected chi connectivity index (χ4v) is 4.99. The lowest BCUT2D eigenvalue weighted by atomic mass is 9.66. The standard InChI is InChI=1S/C28H32ClF3N2O5/c1-16(2)22(33-23(35)17-12-18(25(37)39-5)14-20(13-17)28(30,31)32)24(36)34-11-10-27(38,26(3,4)15-34)19-6-8-21(29)9-7-19/h6-9,12-14,16,22,38H,10-11,15H2,1-5H3,(H,33,35)/t22-,27+/m1/s1. The molecule has 2 atom stereocenters. The van der Waals surface area contributed by atoms with Gasteiger partial charge in [0.05, 0.1) is 23.8 Å². The van der Waals surface area contributed by atoms with Crippen LogP contribution in [-0.4, -0.2) is 54.0 Å². The van der Waals surface area contributed by atoms with E-state index in [2.05, 4.69) is 10.1 Å². The van der Waals surface area contributed by atoms with Crippen LogP contribution in [0.4, 0.5) is 13.2 Å². The van der Waals surface area contributed by atoms with Crippen molar-refractivity contribution in [2.75, 3.05) is 20.2 Å². The van der Waals surface area contributed by atoms with E-state index in [0.717, 1.165) is 13.2 Å². The molecule has 7 nitrogen and oxygen atoms in total. The van der Waals surface area contributed by atoms with E-state index in [1.807, 2.05) is 13.8 Å². The number of ether oxygens (including phenoxy) is 1. The molecular formula is C28H32ClF3N2O5. The number of aliphatic hydroxyl groups is 1. The van der Waals surface area contributed by atoms with E-state index < -0.39 is 63.6 Å². The van der Waals surface area contributed by atoms with Crippen molar-refractivity contribution >= 4 is 29.4 Å². The summed E-state index contributed by atoms with van der Waals surface area (Å²) in [5.74, 6) is -2.81. The van der Waals surface area contributed by atoms with E-state index in [9.17, 15) is 32.7 Å². The summed E-state index contributed by atoms with van der Waals surface area (Å²) in [5.41, 5.74) is -3.42. The third kappa shape index (κ3) is 6.38. The van der Waals surface area contributed by atoms with Gasteiger partial charge in [-0.25, -0.2) is 4.79 Å². The molecule has 1 saturated heterocycles. The lowest BCUT2D eigenvalue weighted by molar-refractivity contribution is -0.155.